The minimum atomic E-state index is -3.66. The average Bonchev–Trinajstić information content (AvgIpc) is 2.93. The van der Waals surface area contributed by atoms with Gasteiger partial charge in [-0.15, -0.1) is 0 Å². The minimum absolute atomic E-state index is 0.0306. The second kappa shape index (κ2) is 14.6. The molecule has 0 aromatic heterocycles. The van der Waals surface area contributed by atoms with Gasteiger partial charge in [0.1, 0.15) is 11.8 Å². The number of carbonyl (C=O) groups is 2. The number of nitrogens with zero attached hydrogens (tertiary/aromatic N) is 2. The number of carbonyl (C=O) groups excluding carboxylic acids is 2. The van der Waals surface area contributed by atoms with Crippen LogP contribution in [0.5, 0.6) is 5.75 Å². The predicted molar refractivity (Wildman–Crippen MR) is 168 cm³/mol. The Bertz CT molecular complexity index is 1440. The summed E-state index contributed by atoms with van der Waals surface area (Å²) < 4.78 is 32.1. The van der Waals surface area contributed by atoms with Crippen LogP contribution >= 0.6 is 11.6 Å². The van der Waals surface area contributed by atoms with Crippen molar-refractivity contribution >= 4 is 39.1 Å². The van der Waals surface area contributed by atoms with Crippen LogP contribution in [0.4, 0.5) is 5.69 Å². The zero-order valence-corrected chi connectivity index (χ0v) is 26.4. The van der Waals surface area contributed by atoms with Gasteiger partial charge in [-0.2, -0.15) is 0 Å². The van der Waals surface area contributed by atoms with Crippen molar-refractivity contribution in [3.8, 4) is 5.75 Å². The van der Waals surface area contributed by atoms with Crippen LogP contribution < -0.4 is 14.4 Å². The van der Waals surface area contributed by atoms with Crippen molar-refractivity contribution in [1.29, 1.82) is 0 Å². The Kier molecular flexibility index (Phi) is 11.4. The van der Waals surface area contributed by atoms with Crippen LogP contribution in [0, 0.1) is 0 Å². The van der Waals surface area contributed by atoms with E-state index in [4.69, 9.17) is 16.3 Å². The van der Waals surface area contributed by atoms with Crippen LogP contribution in [0.1, 0.15) is 44.7 Å². The molecule has 42 heavy (non-hydrogen) atoms. The summed E-state index contributed by atoms with van der Waals surface area (Å²) in [5, 5.41) is 3.61. The first-order valence-electron chi connectivity index (χ1n) is 13.8. The highest BCUT2D eigenvalue weighted by Crippen LogP contribution is 2.30. The molecule has 0 aliphatic heterocycles. The fraction of sp³-hybridized carbons (Fsp3) is 0.375. The summed E-state index contributed by atoms with van der Waals surface area (Å²) in [7, 11) is -2.18. The smallest absolute Gasteiger partial charge is 0.243 e. The number of benzene rings is 3. The molecular formula is C32H40ClN3O5S. The molecule has 2 amide bonds. The zero-order valence-electron chi connectivity index (χ0n) is 24.8. The van der Waals surface area contributed by atoms with Gasteiger partial charge in [-0.05, 0) is 62.6 Å². The molecule has 0 unspecified atom stereocenters. The van der Waals surface area contributed by atoms with Gasteiger partial charge in [0.05, 0.1) is 19.1 Å². The van der Waals surface area contributed by atoms with E-state index in [0.717, 1.165) is 17.4 Å². The number of halogens is 1. The van der Waals surface area contributed by atoms with Gasteiger partial charge in [-0.3, -0.25) is 13.9 Å². The third-order valence-electron chi connectivity index (χ3n) is 6.54. The number of ether oxygens (including phenoxy) is 1. The number of anilines is 1. The number of para-hydroxylation sites is 2. The van der Waals surface area contributed by atoms with Crippen molar-refractivity contribution in [2.24, 2.45) is 0 Å². The molecule has 0 saturated heterocycles. The summed E-state index contributed by atoms with van der Waals surface area (Å²) >= 11 is 6.10. The fourth-order valence-electron chi connectivity index (χ4n) is 4.61. The van der Waals surface area contributed by atoms with Gasteiger partial charge in [0.25, 0.3) is 0 Å². The Hall–Kier alpha value is -3.56. The second-order valence-corrected chi connectivity index (χ2v) is 13.5. The lowest BCUT2D eigenvalue weighted by molar-refractivity contribution is -0.142. The highest BCUT2D eigenvalue weighted by Gasteiger charge is 2.32. The lowest BCUT2D eigenvalue weighted by atomic mass is 10.00. The second-order valence-electron chi connectivity index (χ2n) is 11.2. The predicted octanol–water partition coefficient (Wildman–Crippen LogP) is 5.45. The third-order valence-corrected chi connectivity index (χ3v) is 7.97. The van der Waals surface area contributed by atoms with Crippen molar-refractivity contribution in [2.75, 3.05) is 24.2 Å². The van der Waals surface area contributed by atoms with Crippen molar-refractivity contribution in [2.45, 2.75) is 58.2 Å². The summed E-state index contributed by atoms with van der Waals surface area (Å²) in [4.78, 5) is 29.2. The van der Waals surface area contributed by atoms with Crippen molar-refractivity contribution < 1.29 is 22.7 Å². The van der Waals surface area contributed by atoms with Gasteiger partial charge in [-0.1, -0.05) is 66.2 Å². The Labute approximate surface area is 254 Å². The maximum Gasteiger partial charge on any atom is 0.243 e. The van der Waals surface area contributed by atoms with Crippen LogP contribution in [0.25, 0.3) is 0 Å². The highest BCUT2D eigenvalue weighted by atomic mass is 35.5. The molecule has 0 aliphatic rings. The molecule has 0 heterocycles. The SMILES string of the molecule is COc1ccccc1N(CCCC(=O)N(Cc1ccc(Cl)cc1)[C@@H](Cc1ccccc1)C(=O)NC(C)(C)C)S(C)(=O)=O. The first-order chi connectivity index (χ1) is 19.8. The van der Waals surface area contributed by atoms with Gasteiger partial charge in [-0.25, -0.2) is 8.42 Å². The Balaban J connectivity index is 1.91. The molecule has 8 nitrogen and oxygen atoms in total. The van der Waals surface area contributed by atoms with E-state index in [-0.39, 0.29) is 37.7 Å². The molecular weight excluding hydrogens is 574 g/mol. The average molecular weight is 614 g/mol. The maximum absolute atomic E-state index is 13.9. The van der Waals surface area contributed by atoms with Gasteiger partial charge < -0.3 is 15.0 Å². The molecule has 0 spiro atoms. The number of hydrogen-bond acceptors (Lipinski definition) is 5. The third kappa shape index (κ3) is 9.77. The molecule has 3 aromatic carbocycles. The van der Waals surface area contributed by atoms with E-state index in [1.54, 1.807) is 41.3 Å². The molecule has 1 N–H and O–H groups in total. The lowest BCUT2D eigenvalue weighted by Crippen LogP contribution is -2.54. The Morgan fingerprint density at radius 1 is 0.929 bits per heavy atom. The minimum Gasteiger partial charge on any atom is -0.495 e. The van der Waals surface area contributed by atoms with Crippen LogP contribution in [-0.2, 0) is 32.6 Å². The Morgan fingerprint density at radius 2 is 1.55 bits per heavy atom. The van der Waals surface area contributed by atoms with Crippen molar-refractivity contribution in [3.63, 3.8) is 0 Å². The monoisotopic (exact) mass is 613 g/mol. The van der Waals surface area contributed by atoms with Gasteiger partial charge >= 0.3 is 0 Å². The van der Waals surface area contributed by atoms with Gasteiger partial charge in [0.15, 0.2) is 0 Å². The first-order valence-corrected chi connectivity index (χ1v) is 16.0. The van der Waals surface area contributed by atoms with Crippen molar-refractivity contribution in [3.05, 3.63) is 95.0 Å². The number of nitrogens with one attached hydrogen (secondary N) is 1. The maximum atomic E-state index is 13.9. The van der Waals surface area contributed by atoms with E-state index in [9.17, 15) is 18.0 Å². The number of methoxy groups -OCH3 is 1. The van der Waals surface area contributed by atoms with E-state index >= 15 is 0 Å². The lowest BCUT2D eigenvalue weighted by Gasteiger charge is -2.34. The molecule has 0 fully saturated rings. The molecule has 3 aromatic rings. The zero-order chi connectivity index (χ0) is 30.9. The topological polar surface area (TPSA) is 96.0 Å². The molecule has 1 atom stereocenters. The number of sulfonamides is 1. The number of amides is 2. The summed E-state index contributed by atoms with van der Waals surface area (Å²) in [5.74, 6) is -0.107. The quantitative estimate of drug-likeness (QED) is 0.277. The number of hydrogen-bond donors (Lipinski definition) is 1. The van der Waals surface area contributed by atoms with Crippen LogP contribution in [-0.4, -0.2) is 56.6 Å². The largest absolute Gasteiger partial charge is 0.495 e. The van der Waals surface area contributed by atoms with E-state index in [1.807, 2.05) is 63.2 Å². The molecule has 0 saturated carbocycles. The number of rotatable bonds is 13. The highest BCUT2D eigenvalue weighted by molar-refractivity contribution is 7.92. The summed E-state index contributed by atoms with van der Waals surface area (Å²) in [6.07, 6.45) is 1.71. The fourth-order valence-corrected chi connectivity index (χ4v) is 5.71. The van der Waals surface area contributed by atoms with E-state index in [2.05, 4.69) is 5.32 Å². The first kappa shape index (κ1) is 32.9. The van der Waals surface area contributed by atoms with Crippen molar-refractivity contribution in [1.82, 2.24) is 10.2 Å². The van der Waals surface area contributed by atoms with Crippen LogP contribution in [0.15, 0.2) is 78.9 Å². The normalized spacial score (nSPS) is 12.3. The summed E-state index contributed by atoms with van der Waals surface area (Å²) in [6.45, 7) is 5.94. The molecule has 0 aliphatic carbocycles. The summed E-state index contributed by atoms with van der Waals surface area (Å²) in [6, 6.07) is 22.8. The molecule has 0 bridgehead atoms. The van der Waals surface area contributed by atoms with E-state index in [0.29, 0.717) is 22.9 Å². The standard InChI is InChI=1S/C32H40ClN3O5S/c1-32(2,3)34-31(38)28(22-24-12-7-6-8-13-24)35(23-25-17-19-26(33)20-18-25)30(37)16-11-21-36(42(5,39)40)27-14-9-10-15-29(27)41-4/h6-10,12-15,17-20,28H,11,16,21-23H2,1-5H3,(H,34,38)/t28-/m0/s1. The summed E-state index contributed by atoms with van der Waals surface area (Å²) in [5.41, 5.74) is 1.63. The van der Waals surface area contributed by atoms with Gasteiger partial charge in [0, 0.05) is 36.5 Å². The van der Waals surface area contributed by atoms with E-state index in [1.165, 1.54) is 11.4 Å². The Morgan fingerprint density at radius 3 is 2.14 bits per heavy atom. The van der Waals surface area contributed by atoms with Gasteiger partial charge in [0.2, 0.25) is 21.8 Å². The molecule has 226 valence electrons. The molecule has 10 heteroatoms. The van der Waals surface area contributed by atoms with Crippen LogP contribution in [0.3, 0.4) is 0 Å². The van der Waals surface area contributed by atoms with E-state index < -0.39 is 21.6 Å². The molecule has 0 radical (unpaired) electrons. The molecule has 3 rings (SSSR count). The van der Waals surface area contributed by atoms with Crippen LogP contribution in [0.2, 0.25) is 5.02 Å².